The first-order valence-corrected chi connectivity index (χ1v) is 7.63. The molecule has 3 N–H and O–H groups in total. The van der Waals surface area contributed by atoms with Gasteiger partial charge in [-0.1, -0.05) is 6.07 Å². The SMILES string of the molecule is Cc1ccc(C(N)=O)c(OC(C)C(=O)Nc2ccc(C(F)(F)F)cc2)c1. The van der Waals surface area contributed by atoms with Gasteiger partial charge in [-0.2, -0.15) is 13.2 Å². The molecule has 0 radical (unpaired) electrons. The van der Waals surface area contributed by atoms with Gasteiger partial charge >= 0.3 is 6.18 Å². The molecule has 1 atom stereocenters. The zero-order valence-corrected chi connectivity index (χ0v) is 14.1. The Morgan fingerprint density at radius 1 is 1.12 bits per heavy atom. The molecule has 2 aromatic carbocycles. The number of hydrogen-bond acceptors (Lipinski definition) is 3. The summed E-state index contributed by atoms with van der Waals surface area (Å²) < 4.78 is 43.1. The second kappa shape index (κ2) is 7.47. The van der Waals surface area contributed by atoms with Crippen molar-refractivity contribution < 1.29 is 27.5 Å². The third kappa shape index (κ3) is 4.75. The summed E-state index contributed by atoms with van der Waals surface area (Å²) in [5, 5.41) is 2.46. The topological polar surface area (TPSA) is 81.4 Å². The summed E-state index contributed by atoms with van der Waals surface area (Å²) in [6.07, 6.45) is -5.45. The third-order valence-electron chi connectivity index (χ3n) is 3.56. The van der Waals surface area contributed by atoms with Crippen molar-refractivity contribution in [2.24, 2.45) is 5.73 Å². The highest BCUT2D eigenvalue weighted by Crippen LogP contribution is 2.30. The van der Waals surface area contributed by atoms with Crippen LogP contribution < -0.4 is 15.8 Å². The van der Waals surface area contributed by atoms with Gasteiger partial charge in [0.25, 0.3) is 11.8 Å². The van der Waals surface area contributed by atoms with Crippen molar-refractivity contribution in [3.05, 3.63) is 59.2 Å². The summed E-state index contributed by atoms with van der Waals surface area (Å²) in [5.74, 6) is -1.12. The Kier molecular flexibility index (Phi) is 5.54. The predicted molar refractivity (Wildman–Crippen MR) is 89.9 cm³/mol. The maximum Gasteiger partial charge on any atom is 0.416 e. The van der Waals surface area contributed by atoms with Crippen molar-refractivity contribution in [3.8, 4) is 5.75 Å². The van der Waals surface area contributed by atoms with Gasteiger partial charge in [-0.05, 0) is 55.8 Å². The zero-order chi connectivity index (χ0) is 19.5. The van der Waals surface area contributed by atoms with Gasteiger partial charge in [0.05, 0.1) is 11.1 Å². The quantitative estimate of drug-likeness (QED) is 0.850. The molecule has 138 valence electrons. The number of nitrogens with one attached hydrogen (secondary N) is 1. The van der Waals surface area contributed by atoms with E-state index in [9.17, 15) is 22.8 Å². The second-order valence-corrected chi connectivity index (χ2v) is 5.69. The average Bonchev–Trinajstić information content (AvgIpc) is 2.54. The normalized spacial score (nSPS) is 12.3. The Morgan fingerprint density at radius 2 is 1.73 bits per heavy atom. The summed E-state index contributed by atoms with van der Waals surface area (Å²) in [6, 6.07) is 8.78. The minimum absolute atomic E-state index is 0.129. The lowest BCUT2D eigenvalue weighted by Crippen LogP contribution is -2.31. The fraction of sp³-hybridized carbons (Fsp3) is 0.222. The highest BCUT2D eigenvalue weighted by atomic mass is 19.4. The van der Waals surface area contributed by atoms with Crippen LogP contribution in [0.2, 0.25) is 0 Å². The number of carbonyl (C=O) groups is 2. The minimum atomic E-state index is -4.45. The number of alkyl halides is 3. The molecule has 0 heterocycles. The minimum Gasteiger partial charge on any atom is -0.480 e. The summed E-state index contributed by atoms with van der Waals surface area (Å²) in [7, 11) is 0. The number of primary amides is 1. The number of ether oxygens (including phenoxy) is 1. The number of anilines is 1. The number of benzene rings is 2. The van der Waals surface area contributed by atoms with Crippen LogP contribution in [-0.2, 0) is 11.0 Å². The maximum atomic E-state index is 12.5. The van der Waals surface area contributed by atoms with E-state index in [-0.39, 0.29) is 17.0 Å². The molecule has 2 rings (SSSR count). The van der Waals surface area contributed by atoms with E-state index in [1.165, 1.54) is 13.0 Å². The van der Waals surface area contributed by atoms with E-state index in [0.717, 1.165) is 29.8 Å². The van der Waals surface area contributed by atoms with Crippen LogP contribution >= 0.6 is 0 Å². The van der Waals surface area contributed by atoms with Gasteiger partial charge in [-0.15, -0.1) is 0 Å². The van der Waals surface area contributed by atoms with Crippen LogP contribution in [0.1, 0.15) is 28.4 Å². The van der Waals surface area contributed by atoms with Crippen molar-refractivity contribution >= 4 is 17.5 Å². The first kappa shape index (κ1) is 19.3. The number of nitrogens with two attached hydrogens (primary N) is 1. The Bertz CT molecular complexity index is 817. The van der Waals surface area contributed by atoms with E-state index in [4.69, 9.17) is 10.5 Å². The van der Waals surface area contributed by atoms with E-state index in [1.807, 2.05) is 0 Å². The number of hydrogen-bond donors (Lipinski definition) is 2. The van der Waals surface area contributed by atoms with E-state index >= 15 is 0 Å². The predicted octanol–water partition coefficient (Wildman–Crippen LogP) is 3.52. The van der Waals surface area contributed by atoms with Gasteiger partial charge < -0.3 is 15.8 Å². The summed E-state index contributed by atoms with van der Waals surface area (Å²) >= 11 is 0. The van der Waals surface area contributed by atoms with Crippen LogP contribution in [0.4, 0.5) is 18.9 Å². The molecule has 8 heteroatoms. The molecule has 0 saturated heterocycles. The van der Waals surface area contributed by atoms with Gasteiger partial charge in [0, 0.05) is 5.69 Å². The van der Waals surface area contributed by atoms with Crippen LogP contribution in [0.3, 0.4) is 0 Å². The Hall–Kier alpha value is -3.03. The standard InChI is InChI=1S/C18H17F3N2O3/c1-10-3-8-14(16(22)24)15(9-10)26-11(2)17(25)23-13-6-4-12(5-7-13)18(19,20)21/h3-9,11H,1-2H3,(H2,22,24)(H,23,25). The molecule has 0 spiro atoms. The van der Waals surface area contributed by atoms with E-state index < -0.39 is 29.7 Å². The van der Waals surface area contributed by atoms with E-state index in [0.29, 0.717) is 0 Å². The van der Waals surface area contributed by atoms with Crippen LogP contribution in [0.5, 0.6) is 5.75 Å². The smallest absolute Gasteiger partial charge is 0.416 e. The van der Waals surface area contributed by atoms with Gasteiger partial charge in [0.15, 0.2) is 6.10 Å². The van der Waals surface area contributed by atoms with E-state index in [1.54, 1.807) is 19.1 Å². The summed E-state index contributed by atoms with van der Waals surface area (Å²) in [5.41, 5.74) is 5.59. The molecule has 0 aliphatic carbocycles. The number of halogens is 3. The van der Waals surface area contributed by atoms with Gasteiger partial charge in [-0.25, -0.2) is 0 Å². The van der Waals surface area contributed by atoms with Crippen molar-refractivity contribution in [1.82, 2.24) is 0 Å². The number of carbonyl (C=O) groups excluding carboxylic acids is 2. The van der Waals surface area contributed by atoms with E-state index in [2.05, 4.69) is 5.32 Å². The monoisotopic (exact) mass is 366 g/mol. The molecule has 2 amide bonds. The third-order valence-corrected chi connectivity index (χ3v) is 3.56. The van der Waals surface area contributed by atoms with Crippen molar-refractivity contribution in [3.63, 3.8) is 0 Å². The highest BCUT2D eigenvalue weighted by Gasteiger charge is 2.30. The molecule has 0 aromatic heterocycles. The van der Waals surface area contributed by atoms with Crippen molar-refractivity contribution in [2.75, 3.05) is 5.32 Å². The lowest BCUT2D eigenvalue weighted by molar-refractivity contribution is -0.137. The molecule has 0 aliphatic heterocycles. The molecule has 2 aromatic rings. The van der Waals surface area contributed by atoms with Crippen molar-refractivity contribution in [1.29, 1.82) is 0 Å². The zero-order valence-electron chi connectivity index (χ0n) is 14.1. The lowest BCUT2D eigenvalue weighted by atomic mass is 10.1. The Morgan fingerprint density at radius 3 is 2.27 bits per heavy atom. The molecule has 5 nitrogen and oxygen atoms in total. The first-order valence-electron chi connectivity index (χ1n) is 7.63. The Labute approximate surface area is 148 Å². The molecular formula is C18H17F3N2O3. The number of amides is 2. The molecule has 0 bridgehead atoms. The van der Waals surface area contributed by atoms with Crippen LogP contribution in [0, 0.1) is 6.92 Å². The molecule has 26 heavy (non-hydrogen) atoms. The number of rotatable bonds is 5. The fourth-order valence-corrected chi connectivity index (χ4v) is 2.16. The maximum absolute atomic E-state index is 12.5. The first-order chi connectivity index (χ1) is 12.1. The average molecular weight is 366 g/mol. The molecule has 0 fully saturated rings. The number of aryl methyl sites for hydroxylation is 1. The lowest BCUT2D eigenvalue weighted by Gasteiger charge is -2.17. The molecule has 0 saturated carbocycles. The molecule has 0 aliphatic rings. The van der Waals surface area contributed by atoms with Crippen LogP contribution in [0.25, 0.3) is 0 Å². The second-order valence-electron chi connectivity index (χ2n) is 5.69. The highest BCUT2D eigenvalue weighted by molar-refractivity contribution is 5.97. The summed E-state index contributed by atoms with van der Waals surface area (Å²) in [4.78, 5) is 23.6. The van der Waals surface area contributed by atoms with Gasteiger partial charge in [-0.3, -0.25) is 9.59 Å². The van der Waals surface area contributed by atoms with Gasteiger partial charge in [0.1, 0.15) is 5.75 Å². The van der Waals surface area contributed by atoms with Crippen LogP contribution in [-0.4, -0.2) is 17.9 Å². The van der Waals surface area contributed by atoms with Crippen molar-refractivity contribution in [2.45, 2.75) is 26.1 Å². The summed E-state index contributed by atoms with van der Waals surface area (Å²) in [6.45, 7) is 3.23. The largest absolute Gasteiger partial charge is 0.480 e. The Balaban J connectivity index is 2.09. The molecular weight excluding hydrogens is 349 g/mol. The van der Waals surface area contributed by atoms with Crippen LogP contribution in [0.15, 0.2) is 42.5 Å². The van der Waals surface area contributed by atoms with Gasteiger partial charge in [0.2, 0.25) is 0 Å². The molecule has 1 unspecified atom stereocenters. The fourth-order valence-electron chi connectivity index (χ4n) is 2.16.